The fraction of sp³-hybridized carbons (Fsp3) is 0.0455. The summed E-state index contributed by atoms with van der Waals surface area (Å²) in [7, 11) is 0. The first-order chi connectivity index (χ1) is 11.9. The Morgan fingerprint density at radius 3 is 1.88 bits per heavy atom. The summed E-state index contributed by atoms with van der Waals surface area (Å²) in [5.74, 6) is 0.912. The zero-order chi connectivity index (χ0) is 16.2. The molecule has 116 valence electrons. The maximum Gasteiger partial charge on any atom is 0.133 e. The molecule has 3 aromatic rings. The zero-order valence-corrected chi connectivity index (χ0v) is 13.3. The van der Waals surface area contributed by atoms with Gasteiger partial charge in [0.15, 0.2) is 0 Å². The molecule has 2 nitrogen and oxygen atoms in total. The van der Waals surface area contributed by atoms with E-state index in [2.05, 4.69) is 77.0 Å². The largest absolute Gasteiger partial charge is 0.359 e. The van der Waals surface area contributed by atoms with Crippen molar-refractivity contribution in [1.29, 1.82) is 0 Å². The molecule has 0 aliphatic carbocycles. The first-order valence-electron chi connectivity index (χ1n) is 8.12. The molecule has 0 radical (unpaired) electrons. The van der Waals surface area contributed by atoms with Crippen molar-refractivity contribution in [3.8, 4) is 11.1 Å². The molecule has 1 atom stereocenters. The zero-order valence-electron chi connectivity index (χ0n) is 13.3. The lowest BCUT2D eigenvalue weighted by atomic mass is 10.00. The van der Waals surface area contributed by atoms with Gasteiger partial charge in [-0.1, -0.05) is 84.9 Å². The Morgan fingerprint density at radius 2 is 1.21 bits per heavy atom. The number of amidine groups is 1. The van der Waals surface area contributed by atoms with Crippen LogP contribution >= 0.6 is 0 Å². The second-order valence-electron chi connectivity index (χ2n) is 5.80. The van der Waals surface area contributed by atoms with Gasteiger partial charge in [-0.3, -0.25) is 0 Å². The van der Waals surface area contributed by atoms with Crippen LogP contribution in [0.2, 0.25) is 0 Å². The van der Waals surface area contributed by atoms with Crippen molar-refractivity contribution in [2.75, 3.05) is 0 Å². The Balaban J connectivity index is 1.55. The van der Waals surface area contributed by atoms with Crippen molar-refractivity contribution in [3.05, 3.63) is 108 Å². The maximum absolute atomic E-state index is 4.47. The molecule has 1 N–H and O–H groups in total. The maximum atomic E-state index is 4.47. The average molecular weight is 310 g/mol. The first-order valence-corrected chi connectivity index (χ1v) is 8.12. The third-order valence-corrected chi connectivity index (χ3v) is 4.20. The van der Waals surface area contributed by atoms with Crippen LogP contribution in [-0.2, 0) is 0 Å². The number of rotatable bonds is 3. The van der Waals surface area contributed by atoms with E-state index in [1.807, 2.05) is 30.5 Å². The van der Waals surface area contributed by atoms with Crippen molar-refractivity contribution in [2.24, 2.45) is 4.99 Å². The summed E-state index contributed by atoms with van der Waals surface area (Å²) in [5, 5.41) is 3.51. The van der Waals surface area contributed by atoms with E-state index in [9.17, 15) is 0 Å². The van der Waals surface area contributed by atoms with Gasteiger partial charge in [0, 0.05) is 11.8 Å². The van der Waals surface area contributed by atoms with Gasteiger partial charge in [0.25, 0.3) is 0 Å². The van der Waals surface area contributed by atoms with Crippen LogP contribution in [0.5, 0.6) is 0 Å². The van der Waals surface area contributed by atoms with Crippen LogP contribution in [0.3, 0.4) is 0 Å². The standard InChI is InChI=1S/C22H18N2/c1-3-7-17(8-4-1)18-11-13-19(14-12-18)21-15-16-23-22(24-21)20-9-5-2-6-10-20/h1-16,21H,(H,23,24). The van der Waals surface area contributed by atoms with Crippen LogP contribution in [0.15, 0.2) is 102 Å². The first kappa shape index (κ1) is 14.5. The minimum absolute atomic E-state index is 0.141. The van der Waals surface area contributed by atoms with Crippen molar-refractivity contribution in [3.63, 3.8) is 0 Å². The molecule has 1 heterocycles. The molecule has 4 rings (SSSR count). The van der Waals surface area contributed by atoms with Gasteiger partial charge in [-0.2, -0.15) is 0 Å². The Morgan fingerprint density at radius 1 is 0.625 bits per heavy atom. The summed E-state index contributed by atoms with van der Waals surface area (Å²) in [5.41, 5.74) is 4.81. The van der Waals surface area contributed by atoms with Crippen LogP contribution in [0, 0.1) is 0 Å². The molecule has 0 fully saturated rings. The molecule has 2 heteroatoms. The van der Waals surface area contributed by atoms with Gasteiger partial charge in [0.05, 0.1) is 6.04 Å². The van der Waals surface area contributed by atoms with Gasteiger partial charge in [-0.15, -0.1) is 0 Å². The highest BCUT2D eigenvalue weighted by Crippen LogP contribution is 2.24. The smallest absolute Gasteiger partial charge is 0.133 e. The van der Waals surface area contributed by atoms with Crippen molar-refractivity contribution in [2.45, 2.75) is 6.04 Å². The average Bonchev–Trinajstić information content (AvgIpc) is 2.70. The van der Waals surface area contributed by atoms with Crippen molar-refractivity contribution in [1.82, 2.24) is 5.32 Å². The van der Waals surface area contributed by atoms with Crippen LogP contribution in [0.1, 0.15) is 17.2 Å². The number of hydrogen-bond acceptors (Lipinski definition) is 2. The molecule has 1 aliphatic heterocycles. The fourth-order valence-electron chi connectivity index (χ4n) is 2.90. The summed E-state index contributed by atoms with van der Waals surface area (Å²) in [4.78, 5) is 4.47. The number of hydrogen-bond donors (Lipinski definition) is 1. The lowest BCUT2D eigenvalue weighted by Crippen LogP contribution is -2.30. The molecule has 3 aromatic carbocycles. The lowest BCUT2D eigenvalue weighted by Gasteiger charge is -2.21. The van der Waals surface area contributed by atoms with E-state index in [1.165, 1.54) is 16.7 Å². The van der Waals surface area contributed by atoms with Gasteiger partial charge in [0.1, 0.15) is 5.84 Å². The van der Waals surface area contributed by atoms with Crippen LogP contribution < -0.4 is 5.32 Å². The highest BCUT2D eigenvalue weighted by atomic mass is 15.0. The molecule has 1 aliphatic rings. The summed E-state index contributed by atoms with van der Waals surface area (Å²) in [6, 6.07) is 29.5. The summed E-state index contributed by atoms with van der Waals surface area (Å²) in [6.07, 6.45) is 3.97. The summed E-state index contributed by atoms with van der Waals surface area (Å²) >= 11 is 0. The lowest BCUT2D eigenvalue weighted by molar-refractivity contribution is 0.776. The second-order valence-corrected chi connectivity index (χ2v) is 5.80. The van der Waals surface area contributed by atoms with Crippen molar-refractivity contribution >= 4 is 5.84 Å². The van der Waals surface area contributed by atoms with Crippen LogP contribution in [0.4, 0.5) is 0 Å². The van der Waals surface area contributed by atoms with Gasteiger partial charge in [-0.25, -0.2) is 4.99 Å². The predicted octanol–water partition coefficient (Wildman–Crippen LogP) is 4.96. The monoisotopic (exact) mass is 310 g/mol. The highest BCUT2D eigenvalue weighted by Gasteiger charge is 2.14. The van der Waals surface area contributed by atoms with Crippen LogP contribution in [-0.4, -0.2) is 5.84 Å². The quantitative estimate of drug-likeness (QED) is 0.726. The molecule has 0 aromatic heterocycles. The minimum Gasteiger partial charge on any atom is -0.359 e. The Hall–Kier alpha value is -3.13. The van der Waals surface area contributed by atoms with Gasteiger partial charge < -0.3 is 5.32 Å². The molecule has 0 saturated carbocycles. The Bertz CT molecular complexity index is 863. The van der Waals surface area contributed by atoms with E-state index in [4.69, 9.17) is 0 Å². The molecule has 1 unspecified atom stereocenters. The number of nitrogens with zero attached hydrogens (tertiary/aromatic N) is 1. The molecule has 24 heavy (non-hydrogen) atoms. The summed E-state index contributed by atoms with van der Waals surface area (Å²) in [6.45, 7) is 0. The molecule has 0 amide bonds. The van der Waals surface area contributed by atoms with E-state index >= 15 is 0 Å². The van der Waals surface area contributed by atoms with Gasteiger partial charge >= 0.3 is 0 Å². The van der Waals surface area contributed by atoms with E-state index in [0.29, 0.717) is 0 Å². The number of aliphatic imine (C=N–C) groups is 1. The summed E-state index contributed by atoms with van der Waals surface area (Å²) < 4.78 is 0. The molecule has 0 bridgehead atoms. The Kier molecular flexibility index (Phi) is 3.95. The molecular formula is C22H18N2. The second kappa shape index (κ2) is 6.55. The number of nitrogens with one attached hydrogen (secondary N) is 1. The topological polar surface area (TPSA) is 24.4 Å². The Labute approximate surface area is 142 Å². The molecular weight excluding hydrogens is 292 g/mol. The van der Waals surface area contributed by atoms with Gasteiger partial charge in [0.2, 0.25) is 0 Å². The van der Waals surface area contributed by atoms with Crippen molar-refractivity contribution < 1.29 is 0 Å². The van der Waals surface area contributed by atoms with E-state index in [0.717, 1.165) is 11.4 Å². The highest BCUT2D eigenvalue weighted by molar-refractivity contribution is 6.00. The third kappa shape index (κ3) is 2.99. The number of benzene rings is 3. The predicted molar refractivity (Wildman–Crippen MR) is 99.9 cm³/mol. The molecule has 0 spiro atoms. The van der Waals surface area contributed by atoms with E-state index < -0.39 is 0 Å². The van der Waals surface area contributed by atoms with Crippen LogP contribution in [0.25, 0.3) is 11.1 Å². The van der Waals surface area contributed by atoms with E-state index in [-0.39, 0.29) is 6.04 Å². The fourth-order valence-corrected chi connectivity index (χ4v) is 2.90. The minimum atomic E-state index is 0.141. The SMILES string of the molecule is C1=CC(c2ccc(-c3ccccc3)cc2)NC(c2ccccc2)=N1. The third-order valence-electron chi connectivity index (χ3n) is 4.20. The molecule has 0 saturated heterocycles. The van der Waals surface area contributed by atoms with Gasteiger partial charge in [-0.05, 0) is 22.8 Å². The van der Waals surface area contributed by atoms with E-state index in [1.54, 1.807) is 0 Å². The normalized spacial score (nSPS) is 16.3.